The number of esters is 2. The maximum atomic E-state index is 11.8. The van der Waals surface area contributed by atoms with Crippen LogP contribution in [-0.4, -0.2) is 25.7 Å². The van der Waals surface area contributed by atoms with Crippen molar-refractivity contribution < 1.29 is 23.5 Å². The number of rotatable bonds is 5. The number of carbonyl (C=O) groups excluding carboxylic acids is 2. The highest BCUT2D eigenvalue weighted by atomic mass is 16.5. The Morgan fingerprint density at radius 3 is 2.67 bits per heavy atom. The molecule has 0 aliphatic rings. The molecule has 0 amide bonds. The molecule has 0 unspecified atom stereocenters. The SMILES string of the molecule is CCOC(=O)/C(C#N)=C\c1ccc(-c2ccccc2C(=O)OC)o1. The summed E-state index contributed by atoms with van der Waals surface area (Å²) in [5, 5.41) is 9.04. The Morgan fingerprint density at radius 1 is 1.25 bits per heavy atom. The summed E-state index contributed by atoms with van der Waals surface area (Å²) in [7, 11) is 1.30. The van der Waals surface area contributed by atoms with Gasteiger partial charge in [0.2, 0.25) is 0 Å². The molecule has 122 valence electrons. The second kappa shape index (κ2) is 7.79. The summed E-state index contributed by atoms with van der Waals surface area (Å²) in [5.74, 6) is -0.478. The molecule has 1 heterocycles. The number of furan rings is 1. The highest BCUT2D eigenvalue weighted by Gasteiger charge is 2.16. The van der Waals surface area contributed by atoms with Crippen LogP contribution in [0.1, 0.15) is 23.0 Å². The Bertz CT molecular complexity index is 826. The number of ether oxygens (including phenoxy) is 2. The highest BCUT2D eigenvalue weighted by Crippen LogP contribution is 2.27. The lowest BCUT2D eigenvalue weighted by molar-refractivity contribution is -0.137. The van der Waals surface area contributed by atoms with E-state index >= 15 is 0 Å². The second-order valence-electron chi connectivity index (χ2n) is 4.63. The molecule has 0 aliphatic heterocycles. The van der Waals surface area contributed by atoms with Crippen LogP contribution in [0.2, 0.25) is 0 Å². The van der Waals surface area contributed by atoms with E-state index in [0.717, 1.165) is 0 Å². The third kappa shape index (κ3) is 3.70. The standard InChI is InChI=1S/C18H15NO5/c1-3-23-17(20)12(11-19)10-13-8-9-16(24-13)14-6-4-5-7-15(14)18(21)22-2/h4-10H,3H2,1-2H3/b12-10-. The molecule has 0 N–H and O–H groups in total. The molecule has 6 nitrogen and oxygen atoms in total. The van der Waals surface area contributed by atoms with Gasteiger partial charge in [-0.1, -0.05) is 18.2 Å². The fourth-order valence-corrected chi connectivity index (χ4v) is 2.05. The molecule has 0 fully saturated rings. The number of nitriles is 1. The van der Waals surface area contributed by atoms with E-state index in [1.54, 1.807) is 49.4 Å². The van der Waals surface area contributed by atoms with Crippen molar-refractivity contribution in [1.82, 2.24) is 0 Å². The van der Waals surface area contributed by atoms with Gasteiger partial charge in [0.1, 0.15) is 23.2 Å². The molecule has 0 atom stereocenters. The number of benzene rings is 1. The molecule has 2 rings (SSSR count). The number of hydrogen-bond donors (Lipinski definition) is 0. The van der Waals surface area contributed by atoms with Gasteiger partial charge in [0, 0.05) is 11.6 Å². The lowest BCUT2D eigenvalue weighted by Crippen LogP contribution is -2.05. The molecule has 0 radical (unpaired) electrons. The lowest BCUT2D eigenvalue weighted by atomic mass is 10.1. The van der Waals surface area contributed by atoms with Crippen LogP contribution in [-0.2, 0) is 14.3 Å². The second-order valence-corrected chi connectivity index (χ2v) is 4.63. The fraction of sp³-hybridized carbons (Fsp3) is 0.167. The molecule has 0 aliphatic carbocycles. The molecule has 0 saturated carbocycles. The molecule has 1 aromatic heterocycles. The van der Waals surface area contributed by atoms with Crippen LogP contribution in [0.3, 0.4) is 0 Å². The Labute approximate surface area is 138 Å². The maximum Gasteiger partial charge on any atom is 0.349 e. The summed E-state index contributed by atoms with van der Waals surface area (Å²) >= 11 is 0. The monoisotopic (exact) mass is 325 g/mol. The van der Waals surface area contributed by atoms with Gasteiger partial charge in [0.15, 0.2) is 0 Å². The van der Waals surface area contributed by atoms with Gasteiger partial charge in [-0.15, -0.1) is 0 Å². The zero-order valence-corrected chi connectivity index (χ0v) is 13.2. The first-order chi connectivity index (χ1) is 11.6. The van der Waals surface area contributed by atoms with E-state index in [1.165, 1.54) is 13.2 Å². The summed E-state index contributed by atoms with van der Waals surface area (Å²) in [6, 6.07) is 11.8. The van der Waals surface area contributed by atoms with Crippen LogP contribution in [0.15, 0.2) is 46.4 Å². The van der Waals surface area contributed by atoms with Crippen LogP contribution in [0, 0.1) is 11.3 Å². The topological polar surface area (TPSA) is 89.5 Å². The van der Waals surface area contributed by atoms with Gasteiger partial charge in [-0.25, -0.2) is 9.59 Å². The van der Waals surface area contributed by atoms with Gasteiger partial charge in [-0.05, 0) is 25.1 Å². The third-order valence-electron chi connectivity index (χ3n) is 3.13. The molecule has 0 bridgehead atoms. The van der Waals surface area contributed by atoms with Crippen LogP contribution in [0.5, 0.6) is 0 Å². The van der Waals surface area contributed by atoms with Crippen molar-refractivity contribution in [3.8, 4) is 17.4 Å². The molecule has 1 aromatic carbocycles. The van der Waals surface area contributed by atoms with Crippen molar-refractivity contribution in [2.24, 2.45) is 0 Å². The van der Waals surface area contributed by atoms with Crippen LogP contribution >= 0.6 is 0 Å². The van der Waals surface area contributed by atoms with E-state index in [0.29, 0.717) is 22.6 Å². The van der Waals surface area contributed by atoms with E-state index < -0.39 is 11.9 Å². The van der Waals surface area contributed by atoms with Crippen molar-refractivity contribution in [1.29, 1.82) is 5.26 Å². The first-order valence-corrected chi connectivity index (χ1v) is 7.17. The smallest absolute Gasteiger partial charge is 0.349 e. The van der Waals surface area contributed by atoms with Gasteiger partial charge in [0.05, 0.1) is 19.3 Å². The molecular formula is C18H15NO5. The summed E-state index contributed by atoms with van der Waals surface area (Å²) in [6.45, 7) is 1.83. The minimum atomic E-state index is -0.715. The Kier molecular flexibility index (Phi) is 5.53. The molecule has 2 aromatic rings. The summed E-state index contributed by atoms with van der Waals surface area (Å²) in [5.41, 5.74) is 0.744. The summed E-state index contributed by atoms with van der Waals surface area (Å²) < 4.78 is 15.2. The zero-order valence-electron chi connectivity index (χ0n) is 13.2. The van der Waals surface area contributed by atoms with Gasteiger partial charge in [-0.3, -0.25) is 0 Å². The molecule has 6 heteroatoms. The summed E-state index contributed by atoms with van der Waals surface area (Å²) in [6.07, 6.45) is 1.29. The number of hydrogen-bond acceptors (Lipinski definition) is 6. The predicted molar refractivity (Wildman–Crippen MR) is 85.7 cm³/mol. The number of methoxy groups -OCH3 is 1. The molecular weight excluding hydrogens is 310 g/mol. The Balaban J connectivity index is 2.37. The van der Waals surface area contributed by atoms with E-state index in [-0.39, 0.29) is 12.2 Å². The predicted octanol–water partition coefficient (Wildman–Crippen LogP) is 3.20. The Hall–Kier alpha value is -3.33. The van der Waals surface area contributed by atoms with Crippen molar-refractivity contribution in [2.45, 2.75) is 6.92 Å². The number of nitrogens with zero attached hydrogens (tertiary/aromatic N) is 1. The third-order valence-corrected chi connectivity index (χ3v) is 3.13. The van der Waals surface area contributed by atoms with Crippen molar-refractivity contribution in [2.75, 3.05) is 13.7 Å². The normalized spacial score (nSPS) is 10.8. The van der Waals surface area contributed by atoms with Crippen molar-refractivity contribution in [3.05, 3.63) is 53.3 Å². The van der Waals surface area contributed by atoms with E-state index in [1.807, 2.05) is 0 Å². The van der Waals surface area contributed by atoms with Gasteiger partial charge < -0.3 is 13.9 Å². The van der Waals surface area contributed by atoms with Gasteiger partial charge in [-0.2, -0.15) is 5.26 Å². The first-order valence-electron chi connectivity index (χ1n) is 7.17. The minimum absolute atomic E-state index is 0.168. The van der Waals surface area contributed by atoms with Gasteiger partial charge in [0.25, 0.3) is 0 Å². The average molecular weight is 325 g/mol. The van der Waals surface area contributed by atoms with Crippen molar-refractivity contribution in [3.63, 3.8) is 0 Å². The quantitative estimate of drug-likeness (QED) is 0.476. The first kappa shape index (κ1) is 17.0. The Morgan fingerprint density at radius 2 is 2.00 bits per heavy atom. The largest absolute Gasteiger partial charge is 0.465 e. The average Bonchev–Trinajstić information content (AvgIpc) is 3.07. The van der Waals surface area contributed by atoms with Gasteiger partial charge >= 0.3 is 11.9 Å². The van der Waals surface area contributed by atoms with E-state index in [4.69, 9.17) is 19.2 Å². The van der Waals surface area contributed by atoms with Crippen molar-refractivity contribution >= 4 is 18.0 Å². The molecule has 24 heavy (non-hydrogen) atoms. The maximum absolute atomic E-state index is 11.8. The van der Waals surface area contributed by atoms with E-state index in [2.05, 4.69) is 0 Å². The lowest BCUT2D eigenvalue weighted by Gasteiger charge is -2.04. The number of carbonyl (C=O) groups is 2. The molecule has 0 spiro atoms. The van der Waals surface area contributed by atoms with Crippen LogP contribution < -0.4 is 0 Å². The summed E-state index contributed by atoms with van der Waals surface area (Å²) in [4.78, 5) is 23.4. The van der Waals surface area contributed by atoms with Crippen LogP contribution in [0.25, 0.3) is 17.4 Å². The highest BCUT2D eigenvalue weighted by molar-refractivity contribution is 5.98. The van der Waals surface area contributed by atoms with E-state index in [9.17, 15) is 9.59 Å². The van der Waals surface area contributed by atoms with Crippen LogP contribution in [0.4, 0.5) is 0 Å². The minimum Gasteiger partial charge on any atom is -0.465 e. The molecule has 0 saturated heterocycles. The fourth-order valence-electron chi connectivity index (χ4n) is 2.05. The zero-order chi connectivity index (χ0) is 17.5.